The number of hydrogen-bond donors (Lipinski definition) is 3. The number of piperidine rings is 1. The first-order valence-electron chi connectivity index (χ1n) is 14.3. The maximum absolute atomic E-state index is 12.4. The molecule has 43 heavy (non-hydrogen) atoms. The summed E-state index contributed by atoms with van der Waals surface area (Å²) in [4.78, 5) is 22.1. The second-order valence-electron chi connectivity index (χ2n) is 11.5. The van der Waals surface area contributed by atoms with E-state index in [1.165, 1.54) is 0 Å². The fourth-order valence-corrected chi connectivity index (χ4v) is 5.16. The summed E-state index contributed by atoms with van der Waals surface area (Å²) < 4.78 is 9.34. The number of nitrogens with zero attached hydrogens (tertiary/aromatic N) is 6. The van der Waals surface area contributed by atoms with Crippen LogP contribution >= 0.6 is 0 Å². The van der Waals surface area contributed by atoms with Crippen LogP contribution in [0.3, 0.4) is 0 Å². The molecule has 11 heteroatoms. The maximum atomic E-state index is 12.4. The molecular weight excluding hydrogens is 542 g/mol. The van der Waals surface area contributed by atoms with Crippen molar-refractivity contribution in [1.82, 2.24) is 29.6 Å². The number of nitrogens with one attached hydrogen (secondary N) is 3. The smallest absolute Gasteiger partial charge is 0.412 e. The molecule has 3 aromatic heterocycles. The molecule has 1 saturated heterocycles. The predicted molar refractivity (Wildman–Crippen MR) is 166 cm³/mol. The maximum Gasteiger partial charge on any atom is 0.412 e. The van der Waals surface area contributed by atoms with Crippen LogP contribution in [0.4, 0.5) is 22.0 Å². The molecule has 1 amide bonds. The van der Waals surface area contributed by atoms with Gasteiger partial charge in [0.15, 0.2) is 0 Å². The minimum atomic E-state index is -0.608. The van der Waals surface area contributed by atoms with Crippen molar-refractivity contribution in [2.24, 2.45) is 0 Å². The standard InChI is InChI=1S/C32H33N9O2/c1-32(2,3)43-31(42)38-25-6-4-5-24(16-25)37-29-27(23-18-36-41(20-23)26-9-12-34-13-10-26)19-35-30(39-29)40-14-11-22-15-21(17-33)7-8-28(22)40/h4-8,11,14-16,18-20,26,34H,9-10,12-13H2,1-3H3,(H,38,42)(H,35,37,39). The molecule has 0 atom stereocenters. The Labute approximate surface area is 249 Å². The van der Waals surface area contributed by atoms with Gasteiger partial charge in [-0.25, -0.2) is 9.78 Å². The molecule has 1 aliphatic rings. The number of nitriles is 1. The van der Waals surface area contributed by atoms with E-state index in [0.29, 0.717) is 29.1 Å². The summed E-state index contributed by atoms with van der Waals surface area (Å²) >= 11 is 0. The van der Waals surface area contributed by atoms with Gasteiger partial charge < -0.3 is 15.4 Å². The van der Waals surface area contributed by atoms with Crippen molar-refractivity contribution in [3.63, 3.8) is 0 Å². The van der Waals surface area contributed by atoms with E-state index in [0.717, 1.165) is 53.6 Å². The van der Waals surface area contributed by atoms with E-state index in [-0.39, 0.29) is 0 Å². The molecule has 0 radical (unpaired) electrons. The van der Waals surface area contributed by atoms with Crippen LogP contribution in [0, 0.1) is 11.3 Å². The number of benzene rings is 2. The van der Waals surface area contributed by atoms with Crippen LogP contribution in [0.1, 0.15) is 45.2 Å². The molecular formula is C32H33N9O2. The number of aromatic nitrogens is 5. The van der Waals surface area contributed by atoms with E-state index in [1.54, 1.807) is 18.3 Å². The normalized spacial score (nSPS) is 13.9. The summed E-state index contributed by atoms with van der Waals surface area (Å²) in [6.07, 6.45) is 9.10. The van der Waals surface area contributed by atoms with Crippen molar-refractivity contribution in [2.75, 3.05) is 23.7 Å². The lowest BCUT2D eigenvalue weighted by atomic mass is 10.1. The molecule has 0 bridgehead atoms. The van der Waals surface area contributed by atoms with Crippen LogP contribution in [0.25, 0.3) is 28.0 Å². The minimum Gasteiger partial charge on any atom is -0.444 e. The van der Waals surface area contributed by atoms with Gasteiger partial charge >= 0.3 is 6.09 Å². The Kier molecular flexibility index (Phi) is 7.52. The van der Waals surface area contributed by atoms with E-state index in [1.807, 2.05) is 78.8 Å². The zero-order chi connectivity index (χ0) is 30.0. The first kappa shape index (κ1) is 27.9. The lowest BCUT2D eigenvalue weighted by Gasteiger charge is -2.22. The number of carbonyl (C=O) groups excluding carboxylic acids is 1. The van der Waals surface area contributed by atoms with E-state index < -0.39 is 11.7 Å². The number of amides is 1. The number of fused-ring (bicyclic) bond motifs is 1. The summed E-state index contributed by atoms with van der Waals surface area (Å²) in [5.74, 6) is 1.06. The Bertz CT molecular complexity index is 1820. The number of anilines is 3. The molecule has 0 saturated carbocycles. The van der Waals surface area contributed by atoms with Gasteiger partial charge in [0.2, 0.25) is 5.95 Å². The molecule has 2 aromatic carbocycles. The van der Waals surface area contributed by atoms with Gasteiger partial charge in [-0.3, -0.25) is 14.6 Å². The van der Waals surface area contributed by atoms with Crippen LogP contribution in [-0.4, -0.2) is 49.1 Å². The molecule has 0 spiro atoms. The first-order chi connectivity index (χ1) is 20.8. The van der Waals surface area contributed by atoms with Crippen molar-refractivity contribution in [3.05, 3.63) is 78.9 Å². The molecule has 6 rings (SSSR count). The van der Waals surface area contributed by atoms with Gasteiger partial charge in [0.25, 0.3) is 0 Å². The van der Waals surface area contributed by atoms with Crippen LogP contribution in [0.5, 0.6) is 0 Å². The van der Waals surface area contributed by atoms with E-state index in [2.05, 4.69) is 33.3 Å². The Balaban J connectivity index is 1.36. The third kappa shape index (κ3) is 6.34. The average Bonchev–Trinajstić information content (AvgIpc) is 3.64. The Morgan fingerprint density at radius 3 is 2.70 bits per heavy atom. The highest BCUT2D eigenvalue weighted by Gasteiger charge is 2.20. The number of carbonyl (C=O) groups is 1. The van der Waals surface area contributed by atoms with E-state index in [9.17, 15) is 10.1 Å². The van der Waals surface area contributed by atoms with Gasteiger partial charge in [-0.2, -0.15) is 15.3 Å². The van der Waals surface area contributed by atoms with Gasteiger partial charge in [0.05, 0.1) is 29.4 Å². The second kappa shape index (κ2) is 11.6. The van der Waals surface area contributed by atoms with Crippen LogP contribution in [0.2, 0.25) is 0 Å². The lowest BCUT2D eigenvalue weighted by molar-refractivity contribution is 0.0636. The van der Waals surface area contributed by atoms with E-state index >= 15 is 0 Å². The fraction of sp³-hybridized carbons (Fsp3) is 0.281. The first-order valence-corrected chi connectivity index (χ1v) is 14.3. The molecule has 3 N–H and O–H groups in total. The summed E-state index contributed by atoms with van der Waals surface area (Å²) in [5, 5.41) is 24.6. The third-order valence-corrected chi connectivity index (χ3v) is 7.18. The Morgan fingerprint density at radius 2 is 1.91 bits per heavy atom. The summed E-state index contributed by atoms with van der Waals surface area (Å²) in [5.41, 5.74) is 3.86. The zero-order valence-corrected chi connectivity index (χ0v) is 24.3. The van der Waals surface area contributed by atoms with Gasteiger partial charge in [0, 0.05) is 46.5 Å². The topological polar surface area (TPSA) is 135 Å². The quantitative estimate of drug-likeness (QED) is 0.219. The number of ether oxygens (including phenoxy) is 1. The van der Waals surface area contributed by atoms with Gasteiger partial charge in [-0.05, 0) is 89.2 Å². The SMILES string of the molecule is CC(C)(C)OC(=O)Nc1cccc(Nc2nc(-n3ccc4cc(C#N)ccc43)ncc2-c2cnn(C3CCNCC3)c2)c1. The average molecular weight is 576 g/mol. The molecule has 218 valence electrons. The molecule has 11 nitrogen and oxygen atoms in total. The summed E-state index contributed by atoms with van der Waals surface area (Å²) in [7, 11) is 0. The predicted octanol–water partition coefficient (Wildman–Crippen LogP) is 6.17. The molecule has 4 heterocycles. The molecule has 1 fully saturated rings. The molecule has 1 aliphatic heterocycles. The largest absolute Gasteiger partial charge is 0.444 e. The third-order valence-electron chi connectivity index (χ3n) is 7.18. The molecule has 0 unspecified atom stereocenters. The number of hydrogen-bond acceptors (Lipinski definition) is 8. The summed E-state index contributed by atoms with van der Waals surface area (Å²) in [6, 6.07) is 17.4. The number of rotatable bonds is 6. The van der Waals surface area contributed by atoms with Gasteiger partial charge in [-0.1, -0.05) is 6.07 Å². The van der Waals surface area contributed by atoms with Crippen LogP contribution in [-0.2, 0) is 4.74 Å². The van der Waals surface area contributed by atoms with Crippen LogP contribution < -0.4 is 16.0 Å². The second-order valence-corrected chi connectivity index (χ2v) is 11.5. The van der Waals surface area contributed by atoms with Crippen molar-refractivity contribution in [2.45, 2.75) is 45.3 Å². The summed E-state index contributed by atoms with van der Waals surface area (Å²) in [6.45, 7) is 7.41. The Hall–Kier alpha value is -5.21. The van der Waals surface area contributed by atoms with Crippen molar-refractivity contribution in [3.8, 4) is 23.1 Å². The lowest BCUT2D eigenvalue weighted by Crippen LogP contribution is -2.29. The Morgan fingerprint density at radius 1 is 1.09 bits per heavy atom. The van der Waals surface area contributed by atoms with Gasteiger partial charge in [-0.15, -0.1) is 0 Å². The highest BCUT2D eigenvalue weighted by molar-refractivity contribution is 5.87. The molecule has 0 aliphatic carbocycles. The van der Waals surface area contributed by atoms with Crippen molar-refractivity contribution in [1.29, 1.82) is 5.26 Å². The van der Waals surface area contributed by atoms with Gasteiger partial charge in [0.1, 0.15) is 11.4 Å². The van der Waals surface area contributed by atoms with Crippen molar-refractivity contribution < 1.29 is 9.53 Å². The van der Waals surface area contributed by atoms with Crippen LogP contribution in [0.15, 0.2) is 73.3 Å². The van der Waals surface area contributed by atoms with Crippen molar-refractivity contribution >= 4 is 34.2 Å². The zero-order valence-electron chi connectivity index (χ0n) is 24.3. The fourth-order valence-electron chi connectivity index (χ4n) is 5.16. The van der Waals surface area contributed by atoms with E-state index in [4.69, 9.17) is 14.7 Å². The molecule has 5 aromatic rings. The monoisotopic (exact) mass is 575 g/mol. The highest BCUT2D eigenvalue weighted by Crippen LogP contribution is 2.32. The minimum absolute atomic E-state index is 0.340. The highest BCUT2D eigenvalue weighted by atomic mass is 16.6.